The van der Waals surface area contributed by atoms with Crippen LogP contribution < -0.4 is 0 Å². The van der Waals surface area contributed by atoms with Crippen molar-refractivity contribution in [3.05, 3.63) is 71.5 Å². The van der Waals surface area contributed by atoms with Crippen molar-refractivity contribution in [3.63, 3.8) is 0 Å². The second-order valence-electron chi connectivity index (χ2n) is 6.13. The molecule has 2 nitrogen and oxygen atoms in total. The quantitative estimate of drug-likeness (QED) is 0.847. The fourth-order valence-corrected chi connectivity index (χ4v) is 2.87. The summed E-state index contributed by atoms with van der Waals surface area (Å²) in [5.74, 6) is -0.196. The molecule has 0 aromatic heterocycles. The molecule has 1 fully saturated rings. The van der Waals surface area contributed by atoms with Crippen LogP contribution in [0.5, 0.6) is 0 Å². The van der Waals surface area contributed by atoms with Gasteiger partial charge in [0.25, 0.3) is 0 Å². The van der Waals surface area contributed by atoms with Gasteiger partial charge in [0, 0.05) is 19.1 Å². The van der Waals surface area contributed by atoms with Gasteiger partial charge < -0.3 is 5.11 Å². The molecule has 22 heavy (non-hydrogen) atoms. The van der Waals surface area contributed by atoms with Gasteiger partial charge in [0.15, 0.2) is 0 Å². The molecule has 0 saturated heterocycles. The SMILES string of the molecule is OC(Cc1ccccc1)CN(Cc1cccc(F)c1)C1CC1. The van der Waals surface area contributed by atoms with Gasteiger partial charge in [-0.25, -0.2) is 4.39 Å². The van der Waals surface area contributed by atoms with Gasteiger partial charge in [-0.3, -0.25) is 4.90 Å². The van der Waals surface area contributed by atoms with Crippen molar-refractivity contribution in [2.45, 2.75) is 38.0 Å². The van der Waals surface area contributed by atoms with E-state index >= 15 is 0 Å². The highest BCUT2D eigenvalue weighted by Gasteiger charge is 2.30. The molecule has 0 spiro atoms. The first-order valence-electron chi connectivity index (χ1n) is 7.91. The number of rotatable bonds is 7. The maximum Gasteiger partial charge on any atom is 0.123 e. The van der Waals surface area contributed by atoms with Crippen molar-refractivity contribution in [3.8, 4) is 0 Å². The molecule has 0 bridgehead atoms. The van der Waals surface area contributed by atoms with E-state index in [9.17, 15) is 9.50 Å². The van der Waals surface area contributed by atoms with Crippen LogP contribution in [0.25, 0.3) is 0 Å². The fourth-order valence-electron chi connectivity index (χ4n) is 2.87. The third kappa shape index (κ3) is 4.39. The van der Waals surface area contributed by atoms with Crippen LogP contribution in [-0.2, 0) is 13.0 Å². The van der Waals surface area contributed by atoms with E-state index in [0.717, 1.165) is 11.1 Å². The van der Waals surface area contributed by atoms with E-state index < -0.39 is 6.10 Å². The molecule has 1 saturated carbocycles. The van der Waals surface area contributed by atoms with Gasteiger partial charge in [-0.2, -0.15) is 0 Å². The van der Waals surface area contributed by atoms with Crippen LogP contribution in [0.2, 0.25) is 0 Å². The minimum absolute atomic E-state index is 0.196. The summed E-state index contributed by atoms with van der Waals surface area (Å²) in [5.41, 5.74) is 2.12. The lowest BCUT2D eigenvalue weighted by molar-refractivity contribution is 0.104. The Kier molecular flexibility index (Phi) is 4.86. The van der Waals surface area contributed by atoms with Crippen LogP contribution >= 0.6 is 0 Å². The fraction of sp³-hybridized carbons (Fsp3) is 0.368. The van der Waals surface area contributed by atoms with Crippen molar-refractivity contribution < 1.29 is 9.50 Å². The van der Waals surface area contributed by atoms with Crippen molar-refractivity contribution in [1.29, 1.82) is 0 Å². The molecule has 0 radical (unpaired) electrons. The number of nitrogens with zero attached hydrogens (tertiary/aromatic N) is 1. The van der Waals surface area contributed by atoms with Gasteiger partial charge in [-0.1, -0.05) is 42.5 Å². The lowest BCUT2D eigenvalue weighted by Crippen LogP contribution is -2.34. The number of halogens is 1. The van der Waals surface area contributed by atoms with Crippen LogP contribution in [0.4, 0.5) is 4.39 Å². The van der Waals surface area contributed by atoms with Gasteiger partial charge in [-0.05, 0) is 42.5 Å². The molecule has 1 N–H and O–H groups in total. The first-order chi connectivity index (χ1) is 10.7. The molecule has 116 valence electrons. The predicted octanol–water partition coefficient (Wildman–Crippen LogP) is 3.39. The monoisotopic (exact) mass is 299 g/mol. The summed E-state index contributed by atoms with van der Waals surface area (Å²) in [4.78, 5) is 2.28. The third-order valence-corrected chi connectivity index (χ3v) is 4.10. The molecular weight excluding hydrogens is 277 g/mol. The van der Waals surface area contributed by atoms with E-state index in [2.05, 4.69) is 4.90 Å². The van der Waals surface area contributed by atoms with Crippen LogP contribution in [0.15, 0.2) is 54.6 Å². The summed E-state index contributed by atoms with van der Waals surface area (Å²) in [6.45, 7) is 1.34. The Morgan fingerprint density at radius 3 is 2.45 bits per heavy atom. The molecule has 1 aliphatic carbocycles. The van der Waals surface area contributed by atoms with Crippen LogP contribution in [0.1, 0.15) is 24.0 Å². The van der Waals surface area contributed by atoms with E-state index in [1.165, 1.54) is 18.9 Å². The lowest BCUT2D eigenvalue weighted by atomic mass is 10.1. The third-order valence-electron chi connectivity index (χ3n) is 4.10. The molecule has 0 amide bonds. The van der Waals surface area contributed by atoms with Crippen LogP contribution in [0, 0.1) is 5.82 Å². The molecule has 1 atom stereocenters. The molecule has 2 aromatic carbocycles. The predicted molar refractivity (Wildman–Crippen MR) is 86.0 cm³/mol. The standard InChI is InChI=1S/C19H22FNO/c20-17-8-4-7-16(11-17)13-21(18-9-10-18)14-19(22)12-15-5-2-1-3-6-15/h1-8,11,18-19,22H,9-10,12-14H2. The van der Waals surface area contributed by atoms with E-state index in [1.54, 1.807) is 12.1 Å². The zero-order valence-corrected chi connectivity index (χ0v) is 12.7. The summed E-state index contributed by atoms with van der Waals surface area (Å²) in [7, 11) is 0. The van der Waals surface area contributed by atoms with Gasteiger partial charge in [0.05, 0.1) is 6.10 Å². The van der Waals surface area contributed by atoms with Crippen molar-refractivity contribution in [2.75, 3.05) is 6.54 Å². The van der Waals surface area contributed by atoms with Crippen molar-refractivity contribution in [2.24, 2.45) is 0 Å². The van der Waals surface area contributed by atoms with Crippen LogP contribution in [-0.4, -0.2) is 28.7 Å². The van der Waals surface area contributed by atoms with E-state index in [4.69, 9.17) is 0 Å². The highest BCUT2D eigenvalue weighted by atomic mass is 19.1. The Morgan fingerprint density at radius 1 is 1.05 bits per heavy atom. The first kappa shape index (κ1) is 15.2. The molecule has 0 heterocycles. The number of benzene rings is 2. The second kappa shape index (κ2) is 7.03. The zero-order valence-electron chi connectivity index (χ0n) is 12.7. The number of aliphatic hydroxyl groups excluding tert-OH is 1. The summed E-state index contributed by atoms with van der Waals surface area (Å²) in [5, 5.41) is 10.4. The summed E-state index contributed by atoms with van der Waals surface area (Å²) < 4.78 is 13.3. The maximum absolute atomic E-state index is 13.3. The van der Waals surface area contributed by atoms with Gasteiger partial charge in [0.2, 0.25) is 0 Å². The number of hydrogen-bond acceptors (Lipinski definition) is 2. The van der Waals surface area contributed by atoms with Gasteiger partial charge >= 0.3 is 0 Å². The Bertz CT molecular complexity index is 597. The van der Waals surface area contributed by atoms with E-state index in [0.29, 0.717) is 25.6 Å². The highest BCUT2D eigenvalue weighted by molar-refractivity contribution is 5.17. The van der Waals surface area contributed by atoms with Crippen molar-refractivity contribution in [1.82, 2.24) is 4.90 Å². The summed E-state index contributed by atoms with van der Waals surface area (Å²) in [6, 6.07) is 17.3. The van der Waals surface area contributed by atoms with Gasteiger partial charge in [-0.15, -0.1) is 0 Å². The summed E-state index contributed by atoms with van der Waals surface area (Å²) in [6.07, 6.45) is 2.62. The second-order valence-corrected chi connectivity index (χ2v) is 6.13. The Labute approximate surface area is 131 Å². The molecular formula is C19H22FNO. The Hall–Kier alpha value is -1.71. The largest absolute Gasteiger partial charge is 0.391 e. The number of aliphatic hydroxyl groups is 1. The molecule has 0 aliphatic heterocycles. The smallest absolute Gasteiger partial charge is 0.123 e. The molecule has 1 aliphatic rings. The normalized spacial score (nSPS) is 16.0. The van der Waals surface area contributed by atoms with Crippen LogP contribution in [0.3, 0.4) is 0 Å². The van der Waals surface area contributed by atoms with E-state index in [-0.39, 0.29) is 5.82 Å². The Balaban J connectivity index is 1.59. The summed E-state index contributed by atoms with van der Waals surface area (Å²) >= 11 is 0. The van der Waals surface area contributed by atoms with Crippen molar-refractivity contribution >= 4 is 0 Å². The maximum atomic E-state index is 13.3. The zero-order chi connectivity index (χ0) is 15.4. The molecule has 3 rings (SSSR count). The number of hydrogen-bond donors (Lipinski definition) is 1. The minimum atomic E-state index is -0.392. The molecule has 3 heteroatoms. The lowest BCUT2D eigenvalue weighted by Gasteiger charge is -2.25. The highest BCUT2D eigenvalue weighted by Crippen LogP contribution is 2.28. The topological polar surface area (TPSA) is 23.5 Å². The average Bonchev–Trinajstić information content (AvgIpc) is 3.32. The van der Waals surface area contributed by atoms with E-state index in [1.807, 2.05) is 36.4 Å². The Morgan fingerprint density at radius 2 is 1.77 bits per heavy atom. The minimum Gasteiger partial charge on any atom is -0.391 e. The average molecular weight is 299 g/mol. The van der Waals surface area contributed by atoms with Gasteiger partial charge in [0.1, 0.15) is 5.82 Å². The first-order valence-corrected chi connectivity index (χ1v) is 7.91. The molecule has 2 aromatic rings. The molecule has 1 unspecified atom stereocenters.